The van der Waals surface area contributed by atoms with Gasteiger partial charge in [0.25, 0.3) is 0 Å². The van der Waals surface area contributed by atoms with Gasteiger partial charge in [0.15, 0.2) is 0 Å². The van der Waals surface area contributed by atoms with Gasteiger partial charge in [0.05, 0.1) is 0 Å². The first-order chi connectivity index (χ1) is 7.63. The predicted molar refractivity (Wildman–Crippen MR) is 70.9 cm³/mol. The van der Waals surface area contributed by atoms with Gasteiger partial charge in [-0.25, -0.2) is 0 Å². The van der Waals surface area contributed by atoms with E-state index in [1.807, 2.05) is 0 Å². The van der Waals surface area contributed by atoms with Crippen molar-refractivity contribution >= 4 is 0 Å². The Morgan fingerprint density at radius 1 is 1.44 bits per heavy atom. The average Bonchev–Trinajstić information content (AvgIpc) is 2.28. The Morgan fingerprint density at radius 2 is 2.19 bits per heavy atom. The lowest BCUT2D eigenvalue weighted by Gasteiger charge is -2.35. The number of rotatable bonds is 6. The molecule has 0 aromatic rings. The number of hydrogen-bond acceptors (Lipinski definition) is 3. The minimum atomic E-state index is 0.664. The minimum Gasteiger partial charge on any atom is -0.317 e. The first-order valence-electron chi connectivity index (χ1n) is 6.68. The van der Waals surface area contributed by atoms with E-state index >= 15 is 0 Å². The maximum atomic E-state index is 3.39. The van der Waals surface area contributed by atoms with Crippen molar-refractivity contribution in [2.24, 2.45) is 5.92 Å². The molecule has 3 heteroatoms. The monoisotopic (exact) mass is 227 g/mol. The summed E-state index contributed by atoms with van der Waals surface area (Å²) in [5, 5.41) is 3.39. The standard InChI is InChI=1S/C13H29N3/c1-12(14-2)13-7-5-9-16(11-13)10-6-8-15(3)4/h12-14H,5-11H2,1-4H3. The van der Waals surface area contributed by atoms with Crippen LogP contribution >= 0.6 is 0 Å². The van der Waals surface area contributed by atoms with E-state index in [1.165, 1.54) is 45.4 Å². The zero-order chi connectivity index (χ0) is 12.0. The molecule has 1 saturated heterocycles. The largest absolute Gasteiger partial charge is 0.317 e. The third-order valence-corrected chi connectivity index (χ3v) is 3.78. The smallest absolute Gasteiger partial charge is 0.00762 e. The average molecular weight is 227 g/mol. The van der Waals surface area contributed by atoms with Gasteiger partial charge in [-0.15, -0.1) is 0 Å². The first-order valence-corrected chi connectivity index (χ1v) is 6.68. The predicted octanol–water partition coefficient (Wildman–Crippen LogP) is 1.26. The lowest BCUT2D eigenvalue weighted by molar-refractivity contribution is 0.148. The zero-order valence-electron chi connectivity index (χ0n) is 11.5. The molecule has 0 saturated carbocycles. The quantitative estimate of drug-likeness (QED) is 0.737. The molecule has 96 valence electrons. The van der Waals surface area contributed by atoms with E-state index in [1.54, 1.807) is 0 Å². The van der Waals surface area contributed by atoms with E-state index < -0.39 is 0 Å². The normalized spacial score (nSPS) is 24.9. The molecule has 1 aliphatic heterocycles. The molecular weight excluding hydrogens is 198 g/mol. The van der Waals surface area contributed by atoms with Crippen LogP contribution in [0.4, 0.5) is 0 Å². The summed E-state index contributed by atoms with van der Waals surface area (Å²) in [6, 6.07) is 0.664. The Kier molecular flexibility index (Phi) is 6.32. The fourth-order valence-corrected chi connectivity index (χ4v) is 2.55. The van der Waals surface area contributed by atoms with Gasteiger partial charge in [0.2, 0.25) is 0 Å². The van der Waals surface area contributed by atoms with Gasteiger partial charge in [-0.3, -0.25) is 0 Å². The lowest BCUT2D eigenvalue weighted by Crippen LogP contribution is -2.44. The molecule has 16 heavy (non-hydrogen) atoms. The van der Waals surface area contributed by atoms with Crippen LogP contribution in [0.15, 0.2) is 0 Å². The van der Waals surface area contributed by atoms with Crippen LogP contribution < -0.4 is 5.32 Å². The highest BCUT2D eigenvalue weighted by Crippen LogP contribution is 2.19. The number of likely N-dealkylation sites (tertiary alicyclic amines) is 1. The summed E-state index contributed by atoms with van der Waals surface area (Å²) in [6.45, 7) is 7.39. The molecule has 2 atom stereocenters. The summed E-state index contributed by atoms with van der Waals surface area (Å²) in [6.07, 6.45) is 4.07. The van der Waals surface area contributed by atoms with Gasteiger partial charge in [0, 0.05) is 12.6 Å². The molecule has 1 rings (SSSR count). The van der Waals surface area contributed by atoms with Crippen molar-refractivity contribution in [2.45, 2.75) is 32.2 Å². The topological polar surface area (TPSA) is 18.5 Å². The molecule has 1 fully saturated rings. The Morgan fingerprint density at radius 3 is 2.81 bits per heavy atom. The van der Waals surface area contributed by atoms with Crippen LogP contribution in [0, 0.1) is 5.92 Å². The van der Waals surface area contributed by atoms with Crippen LogP contribution in [0.2, 0.25) is 0 Å². The Hall–Kier alpha value is -0.120. The van der Waals surface area contributed by atoms with E-state index in [0.717, 1.165) is 5.92 Å². The highest BCUT2D eigenvalue weighted by Gasteiger charge is 2.23. The summed E-state index contributed by atoms with van der Waals surface area (Å²) in [5.41, 5.74) is 0. The molecule has 1 N–H and O–H groups in total. The molecule has 0 aliphatic carbocycles. The second kappa shape index (κ2) is 7.25. The lowest BCUT2D eigenvalue weighted by atomic mass is 9.91. The van der Waals surface area contributed by atoms with Crippen molar-refractivity contribution in [1.29, 1.82) is 0 Å². The van der Waals surface area contributed by atoms with E-state index in [9.17, 15) is 0 Å². The van der Waals surface area contributed by atoms with Crippen LogP contribution in [0.5, 0.6) is 0 Å². The maximum Gasteiger partial charge on any atom is 0.00762 e. The van der Waals surface area contributed by atoms with Gasteiger partial charge < -0.3 is 15.1 Å². The summed E-state index contributed by atoms with van der Waals surface area (Å²) in [5.74, 6) is 0.845. The number of piperidine rings is 1. The van der Waals surface area contributed by atoms with Crippen LogP contribution in [0.25, 0.3) is 0 Å². The van der Waals surface area contributed by atoms with Gasteiger partial charge in [-0.05, 0) is 72.9 Å². The maximum absolute atomic E-state index is 3.39. The number of nitrogens with one attached hydrogen (secondary N) is 1. The summed E-state index contributed by atoms with van der Waals surface area (Å²) >= 11 is 0. The van der Waals surface area contributed by atoms with E-state index in [0.29, 0.717) is 6.04 Å². The molecule has 1 aliphatic rings. The van der Waals surface area contributed by atoms with Crippen molar-refractivity contribution < 1.29 is 0 Å². The third kappa shape index (κ3) is 4.81. The van der Waals surface area contributed by atoms with Gasteiger partial charge >= 0.3 is 0 Å². The second-order valence-electron chi connectivity index (χ2n) is 5.44. The zero-order valence-corrected chi connectivity index (χ0v) is 11.5. The molecule has 0 radical (unpaired) electrons. The molecule has 0 aromatic carbocycles. The fraction of sp³-hybridized carbons (Fsp3) is 1.00. The Balaban J connectivity index is 2.22. The Labute approximate surface area is 101 Å². The van der Waals surface area contributed by atoms with Gasteiger partial charge in [0.1, 0.15) is 0 Å². The number of nitrogens with zero attached hydrogens (tertiary/aromatic N) is 2. The van der Waals surface area contributed by atoms with Crippen LogP contribution in [-0.4, -0.2) is 63.2 Å². The summed E-state index contributed by atoms with van der Waals surface area (Å²) in [4.78, 5) is 4.92. The van der Waals surface area contributed by atoms with Crippen molar-refractivity contribution in [3.8, 4) is 0 Å². The highest BCUT2D eigenvalue weighted by molar-refractivity contribution is 4.79. The summed E-state index contributed by atoms with van der Waals surface area (Å²) < 4.78 is 0. The minimum absolute atomic E-state index is 0.664. The van der Waals surface area contributed by atoms with Crippen molar-refractivity contribution in [1.82, 2.24) is 15.1 Å². The highest BCUT2D eigenvalue weighted by atomic mass is 15.1. The molecule has 0 aromatic heterocycles. The molecule has 0 spiro atoms. The molecule has 1 heterocycles. The van der Waals surface area contributed by atoms with Crippen molar-refractivity contribution in [3.05, 3.63) is 0 Å². The summed E-state index contributed by atoms with van der Waals surface area (Å²) in [7, 11) is 6.39. The van der Waals surface area contributed by atoms with Crippen LogP contribution in [-0.2, 0) is 0 Å². The van der Waals surface area contributed by atoms with Crippen molar-refractivity contribution in [3.63, 3.8) is 0 Å². The molecule has 0 amide bonds. The van der Waals surface area contributed by atoms with Gasteiger partial charge in [-0.2, -0.15) is 0 Å². The van der Waals surface area contributed by atoms with E-state index in [4.69, 9.17) is 0 Å². The van der Waals surface area contributed by atoms with Crippen LogP contribution in [0.1, 0.15) is 26.2 Å². The van der Waals surface area contributed by atoms with Crippen LogP contribution in [0.3, 0.4) is 0 Å². The number of hydrogen-bond donors (Lipinski definition) is 1. The molecule has 0 bridgehead atoms. The molecule has 2 unspecified atom stereocenters. The van der Waals surface area contributed by atoms with Gasteiger partial charge in [-0.1, -0.05) is 0 Å². The fourth-order valence-electron chi connectivity index (χ4n) is 2.55. The third-order valence-electron chi connectivity index (χ3n) is 3.78. The molecular formula is C13H29N3. The second-order valence-corrected chi connectivity index (χ2v) is 5.44. The van der Waals surface area contributed by atoms with E-state index in [-0.39, 0.29) is 0 Å². The molecule has 3 nitrogen and oxygen atoms in total. The SMILES string of the molecule is CNC(C)C1CCCN(CCCN(C)C)C1. The Bertz CT molecular complexity index is 182. The van der Waals surface area contributed by atoms with Crippen molar-refractivity contribution in [2.75, 3.05) is 47.3 Å². The van der Waals surface area contributed by atoms with E-state index in [2.05, 4.69) is 43.2 Å². The first kappa shape index (κ1) is 13.9.